The van der Waals surface area contributed by atoms with Gasteiger partial charge in [-0.1, -0.05) is 0 Å². The van der Waals surface area contributed by atoms with Crippen LogP contribution in [0, 0.1) is 11.6 Å². The lowest BCUT2D eigenvalue weighted by Crippen LogP contribution is -2.23. The van der Waals surface area contributed by atoms with Crippen LogP contribution in [0.25, 0.3) is 0 Å². The molecule has 2 nitrogen and oxygen atoms in total. The standard InChI is InChI=1S/C9H11F2NO/c1-5(13)9(12)6-2-7(10)4-8(11)3-6/h2-5,9,13H,12H2,1H3/t5?,9-/m1/s1. The minimum atomic E-state index is -0.832. The third kappa shape index (κ3) is 2.47. The number of hydrogen-bond donors (Lipinski definition) is 2. The number of aliphatic hydroxyl groups is 1. The minimum absolute atomic E-state index is 0.257. The zero-order valence-corrected chi connectivity index (χ0v) is 7.17. The lowest BCUT2D eigenvalue weighted by molar-refractivity contribution is 0.164. The molecule has 0 aliphatic carbocycles. The van der Waals surface area contributed by atoms with Gasteiger partial charge in [0, 0.05) is 6.07 Å². The van der Waals surface area contributed by atoms with E-state index in [2.05, 4.69) is 0 Å². The summed E-state index contributed by atoms with van der Waals surface area (Å²) in [5.74, 6) is -1.38. The lowest BCUT2D eigenvalue weighted by atomic mass is 10.0. The predicted octanol–water partition coefficient (Wildman–Crippen LogP) is 1.35. The van der Waals surface area contributed by atoms with E-state index in [-0.39, 0.29) is 5.56 Å². The van der Waals surface area contributed by atoms with E-state index in [0.717, 1.165) is 18.2 Å². The molecular weight excluding hydrogens is 176 g/mol. The van der Waals surface area contributed by atoms with Crippen LogP contribution >= 0.6 is 0 Å². The zero-order chi connectivity index (χ0) is 10.0. The largest absolute Gasteiger partial charge is 0.391 e. The maximum atomic E-state index is 12.7. The molecule has 0 aliphatic rings. The Kier molecular flexibility index (Phi) is 2.95. The lowest BCUT2D eigenvalue weighted by Gasteiger charge is -2.14. The summed E-state index contributed by atoms with van der Waals surface area (Å²) in [4.78, 5) is 0. The van der Waals surface area contributed by atoms with Crippen LogP contribution in [0.15, 0.2) is 18.2 Å². The van der Waals surface area contributed by atoms with Gasteiger partial charge in [-0.2, -0.15) is 0 Å². The summed E-state index contributed by atoms with van der Waals surface area (Å²) in [6.07, 6.45) is -0.832. The first-order valence-electron chi connectivity index (χ1n) is 3.90. The molecular formula is C9H11F2NO. The second kappa shape index (κ2) is 3.81. The molecule has 1 aromatic carbocycles. The van der Waals surface area contributed by atoms with Gasteiger partial charge >= 0.3 is 0 Å². The molecule has 1 aromatic rings. The van der Waals surface area contributed by atoms with E-state index in [9.17, 15) is 8.78 Å². The molecule has 13 heavy (non-hydrogen) atoms. The number of rotatable bonds is 2. The Morgan fingerprint density at radius 2 is 1.69 bits per heavy atom. The van der Waals surface area contributed by atoms with Gasteiger partial charge in [-0.3, -0.25) is 0 Å². The molecule has 0 heterocycles. The van der Waals surface area contributed by atoms with Crippen LogP contribution in [-0.4, -0.2) is 11.2 Å². The monoisotopic (exact) mass is 187 g/mol. The molecule has 4 heteroatoms. The van der Waals surface area contributed by atoms with Crippen LogP contribution in [0.4, 0.5) is 8.78 Å². The summed E-state index contributed by atoms with van der Waals surface area (Å²) < 4.78 is 25.3. The van der Waals surface area contributed by atoms with E-state index in [1.165, 1.54) is 6.92 Å². The van der Waals surface area contributed by atoms with Crippen molar-refractivity contribution in [1.29, 1.82) is 0 Å². The Bertz CT molecular complexity index is 281. The normalized spacial score (nSPS) is 15.5. The van der Waals surface area contributed by atoms with Crippen LogP contribution in [0.2, 0.25) is 0 Å². The fourth-order valence-electron chi connectivity index (χ4n) is 1.05. The summed E-state index contributed by atoms with van der Waals surface area (Å²) >= 11 is 0. The van der Waals surface area contributed by atoms with Crippen molar-refractivity contribution < 1.29 is 13.9 Å². The van der Waals surface area contributed by atoms with Crippen LogP contribution < -0.4 is 5.73 Å². The van der Waals surface area contributed by atoms with Crippen molar-refractivity contribution in [3.05, 3.63) is 35.4 Å². The first-order chi connectivity index (χ1) is 6.00. The molecule has 0 amide bonds. The number of nitrogens with two attached hydrogens (primary N) is 1. The van der Waals surface area contributed by atoms with Gasteiger partial charge in [-0.15, -0.1) is 0 Å². The first-order valence-corrected chi connectivity index (χ1v) is 3.90. The Balaban J connectivity index is 3.01. The molecule has 0 bridgehead atoms. The average Bonchev–Trinajstić information content (AvgIpc) is 2.01. The topological polar surface area (TPSA) is 46.2 Å². The molecule has 1 unspecified atom stereocenters. The van der Waals surface area contributed by atoms with Crippen molar-refractivity contribution in [3.8, 4) is 0 Å². The molecule has 0 radical (unpaired) electrons. The van der Waals surface area contributed by atoms with Gasteiger partial charge in [-0.25, -0.2) is 8.78 Å². The van der Waals surface area contributed by atoms with Crippen molar-refractivity contribution in [2.24, 2.45) is 5.73 Å². The van der Waals surface area contributed by atoms with Crippen LogP contribution in [0.3, 0.4) is 0 Å². The molecule has 0 fully saturated rings. The summed E-state index contributed by atoms with van der Waals surface area (Å²) in [7, 11) is 0. The van der Waals surface area contributed by atoms with Crippen LogP contribution in [0.1, 0.15) is 18.5 Å². The van der Waals surface area contributed by atoms with Gasteiger partial charge in [0.2, 0.25) is 0 Å². The van der Waals surface area contributed by atoms with Crippen molar-refractivity contribution in [3.63, 3.8) is 0 Å². The Morgan fingerprint density at radius 3 is 2.08 bits per heavy atom. The zero-order valence-electron chi connectivity index (χ0n) is 7.17. The molecule has 0 aromatic heterocycles. The van der Waals surface area contributed by atoms with Crippen molar-refractivity contribution in [2.75, 3.05) is 0 Å². The molecule has 0 aliphatic heterocycles. The maximum Gasteiger partial charge on any atom is 0.126 e. The second-order valence-corrected chi connectivity index (χ2v) is 2.97. The minimum Gasteiger partial charge on any atom is -0.391 e. The number of aliphatic hydroxyl groups excluding tert-OH is 1. The summed E-state index contributed by atoms with van der Waals surface area (Å²) in [6, 6.07) is 2.23. The number of benzene rings is 1. The molecule has 0 saturated carbocycles. The molecule has 1 rings (SSSR count). The third-order valence-electron chi connectivity index (χ3n) is 1.79. The van der Waals surface area contributed by atoms with Gasteiger partial charge in [0.05, 0.1) is 12.1 Å². The molecule has 3 N–H and O–H groups in total. The van der Waals surface area contributed by atoms with Gasteiger partial charge in [0.1, 0.15) is 11.6 Å². The smallest absolute Gasteiger partial charge is 0.126 e. The molecule has 0 spiro atoms. The molecule has 72 valence electrons. The fraction of sp³-hybridized carbons (Fsp3) is 0.333. The first kappa shape index (κ1) is 10.1. The quantitative estimate of drug-likeness (QED) is 0.734. The van der Waals surface area contributed by atoms with E-state index in [0.29, 0.717) is 0 Å². The van der Waals surface area contributed by atoms with Crippen molar-refractivity contribution in [2.45, 2.75) is 19.1 Å². The average molecular weight is 187 g/mol. The summed E-state index contributed by atoms with van der Waals surface area (Å²) in [6.45, 7) is 1.47. The highest BCUT2D eigenvalue weighted by Crippen LogP contribution is 2.16. The third-order valence-corrected chi connectivity index (χ3v) is 1.79. The SMILES string of the molecule is CC(O)[C@@H](N)c1cc(F)cc(F)c1. The van der Waals surface area contributed by atoms with Gasteiger partial charge < -0.3 is 10.8 Å². The van der Waals surface area contributed by atoms with E-state index in [4.69, 9.17) is 10.8 Å². The molecule has 2 atom stereocenters. The van der Waals surface area contributed by atoms with E-state index >= 15 is 0 Å². The highest BCUT2D eigenvalue weighted by atomic mass is 19.1. The van der Waals surface area contributed by atoms with E-state index in [1.807, 2.05) is 0 Å². The number of halogens is 2. The second-order valence-electron chi connectivity index (χ2n) is 2.97. The predicted molar refractivity (Wildman–Crippen MR) is 45.0 cm³/mol. The summed E-state index contributed by atoms with van der Waals surface area (Å²) in [5.41, 5.74) is 5.75. The highest BCUT2D eigenvalue weighted by molar-refractivity contribution is 5.21. The Hall–Kier alpha value is -1.00. The van der Waals surface area contributed by atoms with E-state index in [1.54, 1.807) is 0 Å². The molecule has 0 saturated heterocycles. The van der Waals surface area contributed by atoms with Crippen molar-refractivity contribution in [1.82, 2.24) is 0 Å². The van der Waals surface area contributed by atoms with Gasteiger partial charge in [-0.05, 0) is 24.6 Å². The van der Waals surface area contributed by atoms with Gasteiger partial charge in [0.25, 0.3) is 0 Å². The summed E-state index contributed by atoms with van der Waals surface area (Å²) in [5, 5.41) is 9.09. The van der Waals surface area contributed by atoms with Crippen LogP contribution in [-0.2, 0) is 0 Å². The van der Waals surface area contributed by atoms with Crippen LogP contribution in [0.5, 0.6) is 0 Å². The Labute approximate surface area is 75.0 Å². The van der Waals surface area contributed by atoms with Gasteiger partial charge in [0.15, 0.2) is 0 Å². The van der Waals surface area contributed by atoms with Crippen molar-refractivity contribution >= 4 is 0 Å². The van der Waals surface area contributed by atoms with E-state index < -0.39 is 23.8 Å². The number of hydrogen-bond acceptors (Lipinski definition) is 2. The Morgan fingerprint density at radius 1 is 1.23 bits per heavy atom. The maximum absolute atomic E-state index is 12.7. The fourth-order valence-corrected chi connectivity index (χ4v) is 1.05. The highest BCUT2D eigenvalue weighted by Gasteiger charge is 2.13.